The standard InChI is InChI=1S/C14H22O4/c1-10(2)7-8-11-6-5-9-14(11,12(15)17-3)13(16)18-4/h7-8,10-11H,5-6,9H2,1-4H3/b8-7-. The molecule has 0 spiro atoms. The van der Waals surface area contributed by atoms with Gasteiger partial charge in [0.1, 0.15) is 0 Å². The first-order valence-electron chi connectivity index (χ1n) is 6.34. The number of ether oxygens (including phenoxy) is 2. The molecule has 1 aliphatic carbocycles. The molecule has 4 nitrogen and oxygen atoms in total. The Bertz CT molecular complexity index is 328. The second kappa shape index (κ2) is 6.03. The van der Waals surface area contributed by atoms with Crippen molar-refractivity contribution in [1.29, 1.82) is 0 Å². The van der Waals surface area contributed by atoms with E-state index in [2.05, 4.69) is 13.8 Å². The summed E-state index contributed by atoms with van der Waals surface area (Å²) < 4.78 is 9.65. The minimum Gasteiger partial charge on any atom is -0.468 e. The van der Waals surface area contributed by atoms with E-state index >= 15 is 0 Å². The number of hydrogen-bond donors (Lipinski definition) is 0. The van der Waals surface area contributed by atoms with E-state index in [-0.39, 0.29) is 5.92 Å². The van der Waals surface area contributed by atoms with E-state index in [0.29, 0.717) is 12.3 Å². The van der Waals surface area contributed by atoms with Crippen molar-refractivity contribution in [3.63, 3.8) is 0 Å². The van der Waals surface area contributed by atoms with E-state index in [4.69, 9.17) is 9.47 Å². The Morgan fingerprint density at radius 1 is 1.22 bits per heavy atom. The molecule has 1 aliphatic rings. The number of carbonyl (C=O) groups excluding carboxylic acids is 2. The number of rotatable bonds is 4. The molecule has 0 heterocycles. The lowest BCUT2D eigenvalue weighted by atomic mass is 9.77. The van der Waals surface area contributed by atoms with E-state index in [1.165, 1.54) is 14.2 Å². The lowest BCUT2D eigenvalue weighted by Crippen LogP contribution is -2.43. The number of methoxy groups -OCH3 is 2. The predicted molar refractivity (Wildman–Crippen MR) is 67.8 cm³/mol. The van der Waals surface area contributed by atoms with Crippen molar-refractivity contribution in [2.24, 2.45) is 17.3 Å². The molecule has 0 aromatic heterocycles. The van der Waals surface area contributed by atoms with Crippen molar-refractivity contribution in [1.82, 2.24) is 0 Å². The van der Waals surface area contributed by atoms with Crippen LogP contribution in [0.1, 0.15) is 33.1 Å². The SMILES string of the molecule is COC(=O)C1(C(=O)OC)CCCC1/C=C\C(C)C. The van der Waals surface area contributed by atoms with Crippen molar-refractivity contribution in [2.75, 3.05) is 14.2 Å². The molecular weight excluding hydrogens is 232 g/mol. The molecule has 1 rings (SSSR count). The monoisotopic (exact) mass is 254 g/mol. The lowest BCUT2D eigenvalue weighted by Gasteiger charge is -2.28. The number of carbonyl (C=O) groups is 2. The summed E-state index contributed by atoms with van der Waals surface area (Å²) in [6.45, 7) is 4.12. The second-order valence-corrected chi connectivity index (χ2v) is 5.08. The quantitative estimate of drug-likeness (QED) is 0.439. The summed E-state index contributed by atoms with van der Waals surface area (Å²) in [7, 11) is 2.63. The van der Waals surface area contributed by atoms with Gasteiger partial charge in [0.25, 0.3) is 0 Å². The number of allylic oxidation sites excluding steroid dienone is 2. The molecule has 0 aliphatic heterocycles. The van der Waals surface area contributed by atoms with Crippen molar-refractivity contribution < 1.29 is 19.1 Å². The van der Waals surface area contributed by atoms with Crippen LogP contribution in [-0.4, -0.2) is 26.2 Å². The van der Waals surface area contributed by atoms with Gasteiger partial charge in [0, 0.05) is 5.92 Å². The van der Waals surface area contributed by atoms with Gasteiger partial charge in [0.2, 0.25) is 0 Å². The normalized spacial score (nSPS) is 22.4. The largest absolute Gasteiger partial charge is 0.468 e. The van der Waals surface area contributed by atoms with Crippen LogP contribution in [0, 0.1) is 17.3 Å². The molecule has 0 saturated heterocycles. The Hall–Kier alpha value is -1.32. The van der Waals surface area contributed by atoms with Gasteiger partial charge in [0.05, 0.1) is 14.2 Å². The molecule has 0 N–H and O–H groups in total. The zero-order chi connectivity index (χ0) is 13.8. The highest BCUT2D eigenvalue weighted by Crippen LogP contribution is 2.46. The first-order valence-corrected chi connectivity index (χ1v) is 6.34. The van der Waals surface area contributed by atoms with Crippen LogP contribution in [0.2, 0.25) is 0 Å². The van der Waals surface area contributed by atoms with E-state index in [1.54, 1.807) is 0 Å². The molecule has 102 valence electrons. The van der Waals surface area contributed by atoms with Crippen LogP contribution in [0.5, 0.6) is 0 Å². The molecule has 0 bridgehead atoms. The van der Waals surface area contributed by atoms with Crippen molar-refractivity contribution >= 4 is 11.9 Å². The average molecular weight is 254 g/mol. The topological polar surface area (TPSA) is 52.6 Å². The molecule has 18 heavy (non-hydrogen) atoms. The molecule has 0 aromatic carbocycles. The van der Waals surface area contributed by atoms with Gasteiger partial charge in [0.15, 0.2) is 5.41 Å². The van der Waals surface area contributed by atoms with Crippen molar-refractivity contribution in [3.8, 4) is 0 Å². The molecule has 0 radical (unpaired) electrons. The third-order valence-corrected chi connectivity index (χ3v) is 3.55. The summed E-state index contributed by atoms with van der Waals surface area (Å²) in [6, 6.07) is 0. The first-order chi connectivity index (χ1) is 8.48. The summed E-state index contributed by atoms with van der Waals surface area (Å²) in [5.74, 6) is -0.700. The molecule has 1 atom stereocenters. The number of esters is 2. The Kier molecular flexibility index (Phi) is 4.93. The molecule has 4 heteroatoms. The van der Waals surface area contributed by atoms with Crippen LogP contribution in [0.4, 0.5) is 0 Å². The van der Waals surface area contributed by atoms with Crippen LogP contribution < -0.4 is 0 Å². The fraction of sp³-hybridized carbons (Fsp3) is 0.714. The minimum atomic E-state index is -1.14. The highest BCUT2D eigenvalue weighted by molar-refractivity contribution is 6.01. The highest BCUT2D eigenvalue weighted by atomic mass is 16.5. The van der Waals surface area contributed by atoms with Gasteiger partial charge in [-0.3, -0.25) is 9.59 Å². The Morgan fingerprint density at radius 2 is 1.78 bits per heavy atom. The van der Waals surface area contributed by atoms with E-state index in [9.17, 15) is 9.59 Å². The third-order valence-electron chi connectivity index (χ3n) is 3.55. The maximum Gasteiger partial charge on any atom is 0.323 e. The van der Waals surface area contributed by atoms with Gasteiger partial charge < -0.3 is 9.47 Å². The summed E-state index contributed by atoms with van der Waals surface area (Å²) in [6.07, 6.45) is 6.13. The van der Waals surface area contributed by atoms with Gasteiger partial charge in [-0.15, -0.1) is 0 Å². The highest BCUT2D eigenvalue weighted by Gasteiger charge is 2.56. The van der Waals surface area contributed by atoms with Crippen LogP contribution in [0.15, 0.2) is 12.2 Å². The van der Waals surface area contributed by atoms with Gasteiger partial charge in [-0.2, -0.15) is 0 Å². The zero-order valence-electron chi connectivity index (χ0n) is 11.6. The Balaban J connectivity index is 3.08. The Labute approximate surface area is 108 Å². The molecule has 0 amide bonds. The molecular formula is C14H22O4. The zero-order valence-corrected chi connectivity index (χ0v) is 11.6. The third kappa shape index (κ3) is 2.57. The average Bonchev–Trinajstić information content (AvgIpc) is 2.79. The fourth-order valence-corrected chi connectivity index (χ4v) is 2.60. The van der Waals surface area contributed by atoms with Crippen molar-refractivity contribution in [3.05, 3.63) is 12.2 Å². The van der Waals surface area contributed by atoms with Crippen LogP contribution in [-0.2, 0) is 19.1 Å². The van der Waals surface area contributed by atoms with Crippen molar-refractivity contribution in [2.45, 2.75) is 33.1 Å². The maximum atomic E-state index is 12.0. The second-order valence-electron chi connectivity index (χ2n) is 5.08. The first kappa shape index (κ1) is 14.7. The van der Waals surface area contributed by atoms with Crippen LogP contribution in [0.3, 0.4) is 0 Å². The van der Waals surface area contributed by atoms with Gasteiger partial charge in [-0.25, -0.2) is 0 Å². The fourth-order valence-electron chi connectivity index (χ4n) is 2.60. The van der Waals surface area contributed by atoms with Crippen LogP contribution >= 0.6 is 0 Å². The van der Waals surface area contributed by atoms with E-state index < -0.39 is 17.4 Å². The summed E-state index contributed by atoms with van der Waals surface area (Å²) >= 11 is 0. The van der Waals surface area contributed by atoms with Crippen LogP contribution in [0.25, 0.3) is 0 Å². The summed E-state index contributed by atoms with van der Waals surface area (Å²) in [5, 5.41) is 0. The Morgan fingerprint density at radius 3 is 2.22 bits per heavy atom. The van der Waals surface area contributed by atoms with Gasteiger partial charge in [-0.1, -0.05) is 32.4 Å². The van der Waals surface area contributed by atoms with Gasteiger partial charge >= 0.3 is 11.9 Å². The summed E-state index contributed by atoms with van der Waals surface area (Å²) in [4.78, 5) is 24.1. The summed E-state index contributed by atoms with van der Waals surface area (Å²) in [5.41, 5.74) is -1.14. The lowest BCUT2D eigenvalue weighted by molar-refractivity contribution is -0.170. The van der Waals surface area contributed by atoms with E-state index in [1.807, 2.05) is 12.2 Å². The smallest absolute Gasteiger partial charge is 0.323 e. The van der Waals surface area contributed by atoms with Gasteiger partial charge in [-0.05, 0) is 18.8 Å². The number of hydrogen-bond acceptors (Lipinski definition) is 4. The maximum absolute atomic E-state index is 12.0. The molecule has 1 saturated carbocycles. The molecule has 1 fully saturated rings. The molecule has 1 unspecified atom stereocenters. The van der Waals surface area contributed by atoms with E-state index in [0.717, 1.165) is 12.8 Å². The predicted octanol–water partition coefficient (Wildman–Crippen LogP) is 2.33. The molecule has 0 aromatic rings. The minimum absolute atomic E-state index is 0.125.